The highest BCUT2D eigenvalue weighted by molar-refractivity contribution is 5.83. The van der Waals surface area contributed by atoms with Crippen molar-refractivity contribution in [1.29, 1.82) is 0 Å². The Bertz CT molecular complexity index is 878. The number of aryl methyl sites for hydroxylation is 2. The molecule has 0 amide bonds. The first kappa shape index (κ1) is 16.3. The molecule has 2 nitrogen and oxygen atoms in total. The highest BCUT2D eigenvalue weighted by Crippen LogP contribution is 2.33. The van der Waals surface area contributed by atoms with Gasteiger partial charge in [-0.05, 0) is 47.4 Å². The van der Waals surface area contributed by atoms with Crippen molar-refractivity contribution in [3.8, 4) is 0 Å². The van der Waals surface area contributed by atoms with E-state index in [1.54, 1.807) is 0 Å². The first-order valence-electron chi connectivity index (χ1n) is 9.23. The third-order valence-electron chi connectivity index (χ3n) is 5.34. The minimum atomic E-state index is 0.326. The van der Waals surface area contributed by atoms with E-state index in [-0.39, 0.29) is 0 Å². The van der Waals surface area contributed by atoms with Crippen molar-refractivity contribution in [1.82, 2.24) is 10.2 Å². The lowest BCUT2D eigenvalue weighted by Gasteiger charge is -2.36. The average molecular weight is 330 g/mol. The van der Waals surface area contributed by atoms with Crippen LogP contribution in [0.25, 0.3) is 10.8 Å². The Morgan fingerprint density at radius 3 is 2.40 bits per heavy atom. The molecule has 0 saturated carbocycles. The molecule has 1 aliphatic heterocycles. The molecule has 0 aliphatic carbocycles. The molecule has 0 radical (unpaired) electrons. The molecule has 1 atom stereocenters. The van der Waals surface area contributed by atoms with Crippen LogP contribution in [0.5, 0.6) is 0 Å². The normalized spacial score (nSPS) is 16.9. The second-order valence-electron chi connectivity index (χ2n) is 7.16. The van der Waals surface area contributed by atoms with Gasteiger partial charge in [0, 0.05) is 26.2 Å². The standard InChI is InChI=1S/C23H26N2/c1-17-7-8-18(2)22(15-17)23(25-13-11-24-12-14-25)21-10-9-19-5-3-4-6-20(19)16-21/h3-10,15-16,23-24H,11-14H2,1-2H3. The van der Waals surface area contributed by atoms with E-state index < -0.39 is 0 Å². The molecule has 128 valence electrons. The van der Waals surface area contributed by atoms with E-state index >= 15 is 0 Å². The van der Waals surface area contributed by atoms with Crippen LogP contribution in [0.4, 0.5) is 0 Å². The lowest BCUT2D eigenvalue weighted by atomic mass is 9.90. The summed E-state index contributed by atoms with van der Waals surface area (Å²) in [4.78, 5) is 2.63. The van der Waals surface area contributed by atoms with Crippen LogP contribution in [0, 0.1) is 13.8 Å². The molecular weight excluding hydrogens is 304 g/mol. The van der Waals surface area contributed by atoms with Crippen LogP contribution in [0.2, 0.25) is 0 Å². The molecule has 1 saturated heterocycles. The van der Waals surface area contributed by atoms with E-state index in [4.69, 9.17) is 0 Å². The number of hydrogen-bond donors (Lipinski definition) is 1. The van der Waals surface area contributed by atoms with Crippen LogP contribution in [0.3, 0.4) is 0 Å². The summed E-state index contributed by atoms with van der Waals surface area (Å²) in [7, 11) is 0. The van der Waals surface area contributed by atoms with Crippen molar-refractivity contribution in [2.45, 2.75) is 19.9 Å². The predicted octanol–water partition coefficient (Wildman–Crippen LogP) is 4.45. The summed E-state index contributed by atoms with van der Waals surface area (Å²) in [5.41, 5.74) is 5.55. The largest absolute Gasteiger partial charge is 0.314 e. The Morgan fingerprint density at radius 2 is 1.60 bits per heavy atom. The van der Waals surface area contributed by atoms with Crippen molar-refractivity contribution in [2.75, 3.05) is 26.2 Å². The number of rotatable bonds is 3. The van der Waals surface area contributed by atoms with Crippen LogP contribution < -0.4 is 5.32 Å². The van der Waals surface area contributed by atoms with E-state index in [9.17, 15) is 0 Å². The van der Waals surface area contributed by atoms with Gasteiger partial charge in [0.25, 0.3) is 0 Å². The highest BCUT2D eigenvalue weighted by Gasteiger charge is 2.25. The summed E-state index contributed by atoms with van der Waals surface area (Å²) in [6.45, 7) is 8.74. The maximum atomic E-state index is 3.49. The summed E-state index contributed by atoms with van der Waals surface area (Å²) >= 11 is 0. The van der Waals surface area contributed by atoms with Crippen LogP contribution in [-0.2, 0) is 0 Å². The summed E-state index contributed by atoms with van der Waals surface area (Å²) in [6, 6.07) is 22.8. The summed E-state index contributed by atoms with van der Waals surface area (Å²) in [5, 5.41) is 6.12. The zero-order valence-electron chi connectivity index (χ0n) is 15.1. The zero-order valence-corrected chi connectivity index (χ0v) is 15.1. The average Bonchev–Trinajstić information content (AvgIpc) is 2.65. The maximum Gasteiger partial charge on any atom is 0.0605 e. The van der Waals surface area contributed by atoms with E-state index in [1.165, 1.54) is 33.0 Å². The van der Waals surface area contributed by atoms with Crippen LogP contribution in [0.1, 0.15) is 28.3 Å². The molecular formula is C23H26N2. The van der Waals surface area contributed by atoms with Gasteiger partial charge < -0.3 is 5.32 Å². The Kier molecular flexibility index (Phi) is 4.56. The Labute approximate surface area is 150 Å². The Balaban J connectivity index is 1.84. The third kappa shape index (κ3) is 3.33. The van der Waals surface area contributed by atoms with Crippen molar-refractivity contribution in [2.24, 2.45) is 0 Å². The predicted molar refractivity (Wildman–Crippen MR) is 106 cm³/mol. The van der Waals surface area contributed by atoms with Gasteiger partial charge in [-0.1, -0.05) is 60.2 Å². The molecule has 3 aromatic rings. The molecule has 0 bridgehead atoms. The topological polar surface area (TPSA) is 15.3 Å². The van der Waals surface area contributed by atoms with Crippen molar-refractivity contribution < 1.29 is 0 Å². The van der Waals surface area contributed by atoms with Gasteiger partial charge in [-0.15, -0.1) is 0 Å². The van der Waals surface area contributed by atoms with Gasteiger partial charge in [-0.25, -0.2) is 0 Å². The Morgan fingerprint density at radius 1 is 0.840 bits per heavy atom. The molecule has 1 N–H and O–H groups in total. The number of piperazine rings is 1. The number of hydrogen-bond acceptors (Lipinski definition) is 2. The molecule has 3 aromatic carbocycles. The summed E-state index contributed by atoms with van der Waals surface area (Å²) < 4.78 is 0. The second-order valence-corrected chi connectivity index (χ2v) is 7.16. The molecule has 1 unspecified atom stereocenters. The minimum absolute atomic E-state index is 0.326. The molecule has 0 spiro atoms. The lowest BCUT2D eigenvalue weighted by Crippen LogP contribution is -2.45. The molecule has 0 aromatic heterocycles. The highest BCUT2D eigenvalue weighted by atomic mass is 15.2. The van der Waals surface area contributed by atoms with Crippen LogP contribution in [0.15, 0.2) is 60.7 Å². The number of benzene rings is 3. The van der Waals surface area contributed by atoms with Crippen molar-refractivity contribution >= 4 is 10.8 Å². The second kappa shape index (κ2) is 6.99. The first-order chi connectivity index (χ1) is 12.2. The first-order valence-corrected chi connectivity index (χ1v) is 9.23. The SMILES string of the molecule is Cc1ccc(C)c(C(c2ccc3ccccc3c2)N2CCNCC2)c1. The van der Waals surface area contributed by atoms with Gasteiger partial charge in [-0.3, -0.25) is 4.90 Å². The number of nitrogens with zero attached hydrogens (tertiary/aromatic N) is 1. The maximum absolute atomic E-state index is 3.49. The summed E-state index contributed by atoms with van der Waals surface area (Å²) in [6.07, 6.45) is 0. The van der Waals surface area contributed by atoms with Crippen LogP contribution in [-0.4, -0.2) is 31.1 Å². The summed E-state index contributed by atoms with van der Waals surface area (Å²) in [5.74, 6) is 0. The number of nitrogens with one attached hydrogen (secondary N) is 1. The van der Waals surface area contributed by atoms with Gasteiger partial charge in [-0.2, -0.15) is 0 Å². The molecule has 2 heteroatoms. The van der Waals surface area contributed by atoms with Crippen LogP contribution >= 0.6 is 0 Å². The zero-order chi connectivity index (χ0) is 17.2. The quantitative estimate of drug-likeness (QED) is 0.763. The molecule has 1 aliphatic rings. The third-order valence-corrected chi connectivity index (χ3v) is 5.34. The Hall–Kier alpha value is -2.16. The smallest absolute Gasteiger partial charge is 0.0605 e. The van der Waals surface area contributed by atoms with Crippen molar-refractivity contribution in [3.05, 3.63) is 82.9 Å². The fourth-order valence-electron chi connectivity index (χ4n) is 3.96. The van der Waals surface area contributed by atoms with E-state index in [2.05, 4.69) is 84.7 Å². The van der Waals surface area contributed by atoms with E-state index in [1.807, 2.05) is 0 Å². The minimum Gasteiger partial charge on any atom is -0.314 e. The van der Waals surface area contributed by atoms with Gasteiger partial charge in [0.05, 0.1) is 6.04 Å². The molecule has 25 heavy (non-hydrogen) atoms. The molecule has 1 fully saturated rings. The van der Waals surface area contributed by atoms with Gasteiger partial charge in [0.1, 0.15) is 0 Å². The fourth-order valence-corrected chi connectivity index (χ4v) is 3.96. The van der Waals surface area contributed by atoms with Gasteiger partial charge in [0.2, 0.25) is 0 Å². The van der Waals surface area contributed by atoms with Gasteiger partial charge >= 0.3 is 0 Å². The lowest BCUT2D eigenvalue weighted by molar-refractivity contribution is 0.198. The van der Waals surface area contributed by atoms with Gasteiger partial charge in [0.15, 0.2) is 0 Å². The fraction of sp³-hybridized carbons (Fsp3) is 0.304. The molecule has 4 rings (SSSR count). The molecule has 1 heterocycles. The van der Waals surface area contributed by atoms with E-state index in [0.717, 1.165) is 26.2 Å². The monoisotopic (exact) mass is 330 g/mol. The number of fused-ring (bicyclic) bond motifs is 1. The van der Waals surface area contributed by atoms with Crippen molar-refractivity contribution in [3.63, 3.8) is 0 Å². The van der Waals surface area contributed by atoms with E-state index in [0.29, 0.717) is 6.04 Å².